The fraction of sp³-hybridized carbons (Fsp3) is 0.542. The Balaban J connectivity index is 2.17. The molecule has 1 aromatic carbocycles. The Kier molecular flexibility index (Phi) is 6.08. The molecule has 0 radical (unpaired) electrons. The molecule has 0 N–H and O–H groups in total. The monoisotopic (exact) mass is 365 g/mol. The second-order valence-electron chi connectivity index (χ2n) is 8.02. The van der Waals surface area contributed by atoms with Crippen LogP contribution in [-0.2, 0) is 13.5 Å². The van der Waals surface area contributed by atoms with Crippen LogP contribution < -0.4 is 4.90 Å². The molecule has 1 aromatic heterocycles. The van der Waals surface area contributed by atoms with Crippen molar-refractivity contribution in [2.24, 2.45) is 7.05 Å². The number of hydrogen-bond acceptors (Lipinski definition) is 2. The van der Waals surface area contributed by atoms with Gasteiger partial charge in [0.2, 0.25) is 0 Å². The number of anilines is 2. The third-order valence-corrected chi connectivity index (χ3v) is 5.62. The lowest BCUT2D eigenvalue weighted by Gasteiger charge is -2.26. The molecule has 0 atom stereocenters. The van der Waals surface area contributed by atoms with E-state index in [0.717, 1.165) is 25.8 Å². The zero-order valence-corrected chi connectivity index (χ0v) is 18.0. The van der Waals surface area contributed by atoms with E-state index in [1.54, 1.807) is 0 Å². The van der Waals surface area contributed by atoms with E-state index in [1.807, 2.05) is 0 Å². The van der Waals surface area contributed by atoms with Gasteiger partial charge in [-0.05, 0) is 69.6 Å². The van der Waals surface area contributed by atoms with Gasteiger partial charge in [0.15, 0.2) is 5.82 Å². The summed E-state index contributed by atoms with van der Waals surface area (Å²) in [6, 6.07) is 4.60. The summed E-state index contributed by atoms with van der Waals surface area (Å²) in [5.41, 5.74) is 9.67. The minimum atomic E-state index is 1.05. The van der Waals surface area contributed by atoms with E-state index in [9.17, 15) is 0 Å². The van der Waals surface area contributed by atoms with Gasteiger partial charge in [-0.2, -0.15) is 5.10 Å². The van der Waals surface area contributed by atoms with E-state index in [2.05, 4.69) is 69.5 Å². The standard InChI is InChI=1S/C24H35N3/c1-7-11-20(12-8-2)23-21-13-9-10-14-27(24(21)25-26(23)6)22-18(4)15-17(3)16-19(22)5/h11,15-16H,7-10,12-14H2,1-6H3. The summed E-state index contributed by atoms with van der Waals surface area (Å²) in [6.45, 7) is 12.2. The maximum absolute atomic E-state index is 5.06. The number of hydrogen-bond donors (Lipinski definition) is 0. The molecule has 0 saturated heterocycles. The first-order valence-corrected chi connectivity index (χ1v) is 10.6. The summed E-state index contributed by atoms with van der Waals surface area (Å²) in [4.78, 5) is 2.49. The largest absolute Gasteiger partial charge is 0.324 e. The predicted molar refractivity (Wildman–Crippen MR) is 117 cm³/mol. The molecule has 0 amide bonds. The quantitative estimate of drug-likeness (QED) is 0.610. The third kappa shape index (κ3) is 3.83. The van der Waals surface area contributed by atoms with Gasteiger partial charge in [-0.25, -0.2) is 0 Å². The first-order chi connectivity index (χ1) is 13.0. The van der Waals surface area contributed by atoms with Gasteiger partial charge in [-0.1, -0.05) is 44.0 Å². The second-order valence-corrected chi connectivity index (χ2v) is 8.02. The highest BCUT2D eigenvalue weighted by molar-refractivity contribution is 5.76. The van der Waals surface area contributed by atoms with Gasteiger partial charge in [0, 0.05) is 24.8 Å². The fourth-order valence-electron chi connectivity index (χ4n) is 4.73. The average molecular weight is 366 g/mol. The Morgan fingerprint density at radius 2 is 1.81 bits per heavy atom. The molecule has 1 aliphatic heterocycles. The van der Waals surface area contributed by atoms with Crippen LogP contribution in [0.2, 0.25) is 0 Å². The van der Waals surface area contributed by atoms with Crippen molar-refractivity contribution in [1.29, 1.82) is 0 Å². The van der Waals surface area contributed by atoms with E-state index in [-0.39, 0.29) is 0 Å². The van der Waals surface area contributed by atoms with Crippen LogP contribution in [0.25, 0.3) is 5.57 Å². The number of benzene rings is 1. The van der Waals surface area contributed by atoms with Gasteiger partial charge in [-0.15, -0.1) is 0 Å². The lowest BCUT2D eigenvalue weighted by Crippen LogP contribution is -2.20. The maximum atomic E-state index is 5.06. The van der Waals surface area contributed by atoms with Crippen molar-refractivity contribution in [3.8, 4) is 0 Å². The highest BCUT2D eigenvalue weighted by atomic mass is 15.4. The van der Waals surface area contributed by atoms with Crippen molar-refractivity contribution in [2.45, 2.75) is 73.1 Å². The van der Waals surface area contributed by atoms with Crippen molar-refractivity contribution in [1.82, 2.24) is 9.78 Å². The minimum Gasteiger partial charge on any atom is -0.324 e. The lowest BCUT2D eigenvalue weighted by molar-refractivity contribution is 0.711. The highest BCUT2D eigenvalue weighted by Crippen LogP contribution is 2.39. The molecule has 2 aromatic rings. The number of aromatic nitrogens is 2. The fourth-order valence-corrected chi connectivity index (χ4v) is 4.73. The highest BCUT2D eigenvalue weighted by Gasteiger charge is 2.27. The van der Waals surface area contributed by atoms with Crippen LogP contribution in [-0.4, -0.2) is 16.3 Å². The molecule has 3 rings (SSSR count). The van der Waals surface area contributed by atoms with Crippen LogP contribution in [0.5, 0.6) is 0 Å². The first-order valence-electron chi connectivity index (χ1n) is 10.6. The van der Waals surface area contributed by atoms with Gasteiger partial charge in [-0.3, -0.25) is 4.68 Å². The summed E-state index contributed by atoms with van der Waals surface area (Å²) in [5.74, 6) is 1.18. The smallest absolute Gasteiger partial charge is 0.158 e. The van der Waals surface area contributed by atoms with Crippen LogP contribution in [0, 0.1) is 20.8 Å². The lowest BCUT2D eigenvalue weighted by atomic mass is 9.99. The minimum absolute atomic E-state index is 1.05. The summed E-state index contributed by atoms with van der Waals surface area (Å²) in [6.07, 6.45) is 9.36. The van der Waals surface area contributed by atoms with E-state index in [4.69, 9.17) is 5.10 Å². The maximum Gasteiger partial charge on any atom is 0.158 e. The van der Waals surface area contributed by atoms with Crippen LogP contribution in [0.4, 0.5) is 11.5 Å². The normalized spacial score (nSPS) is 15.0. The number of nitrogens with zero attached hydrogens (tertiary/aromatic N) is 3. The number of allylic oxidation sites excluding steroid dienone is 2. The average Bonchev–Trinajstić information content (AvgIpc) is 2.79. The Morgan fingerprint density at radius 1 is 1.11 bits per heavy atom. The molecule has 27 heavy (non-hydrogen) atoms. The topological polar surface area (TPSA) is 21.1 Å². The molecule has 0 aliphatic carbocycles. The predicted octanol–water partition coefficient (Wildman–Crippen LogP) is 6.41. The van der Waals surface area contributed by atoms with Crippen molar-refractivity contribution in [2.75, 3.05) is 11.4 Å². The molecule has 2 heterocycles. The molecule has 0 fully saturated rings. The summed E-state index contributed by atoms with van der Waals surface area (Å²) < 4.78 is 2.14. The summed E-state index contributed by atoms with van der Waals surface area (Å²) in [5, 5.41) is 5.06. The molecule has 146 valence electrons. The first kappa shape index (κ1) is 19.7. The SMILES string of the molecule is CCC=C(CCC)c1c2c(nn1C)N(c1c(C)cc(C)cc1C)CCCC2. The molecule has 3 heteroatoms. The van der Waals surface area contributed by atoms with Gasteiger partial charge in [0.25, 0.3) is 0 Å². The number of fused-ring (bicyclic) bond motifs is 1. The molecular formula is C24H35N3. The molecule has 0 bridgehead atoms. The van der Waals surface area contributed by atoms with Gasteiger partial charge >= 0.3 is 0 Å². The van der Waals surface area contributed by atoms with E-state index < -0.39 is 0 Å². The van der Waals surface area contributed by atoms with Crippen LogP contribution >= 0.6 is 0 Å². The Morgan fingerprint density at radius 3 is 2.44 bits per heavy atom. The Labute approximate surface area is 165 Å². The second kappa shape index (κ2) is 8.33. The van der Waals surface area contributed by atoms with Crippen molar-refractivity contribution >= 4 is 17.1 Å². The molecule has 0 saturated carbocycles. The van der Waals surface area contributed by atoms with Gasteiger partial charge < -0.3 is 4.90 Å². The molecule has 1 aliphatic rings. The molecule has 0 spiro atoms. The van der Waals surface area contributed by atoms with Crippen LogP contribution in [0.3, 0.4) is 0 Å². The van der Waals surface area contributed by atoms with Crippen LogP contribution in [0.1, 0.15) is 73.9 Å². The third-order valence-electron chi connectivity index (χ3n) is 5.62. The molecule has 3 nitrogen and oxygen atoms in total. The zero-order chi connectivity index (χ0) is 19.6. The number of aryl methyl sites for hydroxylation is 4. The van der Waals surface area contributed by atoms with Crippen molar-refractivity contribution in [3.63, 3.8) is 0 Å². The van der Waals surface area contributed by atoms with Gasteiger partial charge in [0.05, 0.1) is 5.69 Å². The zero-order valence-electron chi connectivity index (χ0n) is 18.0. The summed E-state index contributed by atoms with van der Waals surface area (Å²) >= 11 is 0. The number of rotatable bonds is 5. The van der Waals surface area contributed by atoms with E-state index >= 15 is 0 Å². The molecular weight excluding hydrogens is 330 g/mol. The van der Waals surface area contributed by atoms with E-state index in [1.165, 1.54) is 64.3 Å². The van der Waals surface area contributed by atoms with Crippen LogP contribution in [0.15, 0.2) is 18.2 Å². The van der Waals surface area contributed by atoms with Crippen molar-refractivity contribution in [3.05, 3.63) is 46.2 Å². The Bertz CT molecular complexity index is 819. The van der Waals surface area contributed by atoms with Crippen molar-refractivity contribution < 1.29 is 0 Å². The Hall–Kier alpha value is -2.03. The van der Waals surface area contributed by atoms with E-state index in [0.29, 0.717) is 0 Å². The summed E-state index contributed by atoms with van der Waals surface area (Å²) in [7, 11) is 2.12. The van der Waals surface area contributed by atoms with Gasteiger partial charge in [0.1, 0.15) is 0 Å². The molecule has 0 unspecified atom stereocenters.